The molecule has 2 aromatic rings. The Bertz CT molecular complexity index is 1070. The molecule has 162 valence electrons. The van der Waals surface area contributed by atoms with Crippen molar-refractivity contribution in [1.29, 1.82) is 0 Å². The second kappa shape index (κ2) is 9.62. The molecule has 1 aromatic heterocycles. The van der Waals surface area contributed by atoms with Gasteiger partial charge < -0.3 is 16.0 Å². The van der Waals surface area contributed by atoms with Crippen molar-refractivity contribution in [2.75, 3.05) is 36.5 Å². The zero-order valence-corrected chi connectivity index (χ0v) is 19.1. The van der Waals surface area contributed by atoms with Gasteiger partial charge in [-0.05, 0) is 64.4 Å². The molecule has 30 heavy (non-hydrogen) atoms. The molecule has 7 heteroatoms. The smallest absolute Gasteiger partial charge is 0.171 e. The van der Waals surface area contributed by atoms with Gasteiger partial charge >= 0.3 is 0 Å². The number of hydrogen-bond acceptors (Lipinski definition) is 6. The molecule has 1 saturated heterocycles. The van der Waals surface area contributed by atoms with Crippen molar-refractivity contribution in [2.24, 2.45) is 0 Å². The number of anilines is 2. The first-order chi connectivity index (χ1) is 14.3. The van der Waals surface area contributed by atoms with Gasteiger partial charge in [-0.15, -0.1) is 0 Å². The van der Waals surface area contributed by atoms with Gasteiger partial charge in [-0.3, -0.25) is 0 Å². The zero-order valence-electron chi connectivity index (χ0n) is 18.2. The fourth-order valence-electron chi connectivity index (χ4n) is 3.66. The zero-order chi connectivity index (χ0) is 21.7. The summed E-state index contributed by atoms with van der Waals surface area (Å²) in [6.45, 7) is 8.04. The van der Waals surface area contributed by atoms with E-state index < -0.39 is 9.84 Å². The summed E-state index contributed by atoms with van der Waals surface area (Å²) in [6, 6.07) is 8.72. The Morgan fingerprint density at radius 1 is 1.27 bits per heavy atom. The summed E-state index contributed by atoms with van der Waals surface area (Å²) in [5, 5.41) is 11.5. The summed E-state index contributed by atoms with van der Waals surface area (Å²) in [4.78, 5) is 5.14. The highest BCUT2D eigenvalue weighted by molar-refractivity contribution is 7.94. The summed E-state index contributed by atoms with van der Waals surface area (Å²) in [7, 11) is -3.25. The van der Waals surface area contributed by atoms with Gasteiger partial charge in [0.15, 0.2) is 9.84 Å². The number of fused-ring (bicyclic) bond motifs is 1. The van der Waals surface area contributed by atoms with E-state index in [1.165, 1.54) is 11.8 Å². The van der Waals surface area contributed by atoms with Crippen LogP contribution in [-0.4, -0.2) is 45.3 Å². The van der Waals surface area contributed by atoms with E-state index in [1.54, 1.807) is 6.92 Å². The van der Waals surface area contributed by atoms with Crippen molar-refractivity contribution >= 4 is 32.2 Å². The van der Waals surface area contributed by atoms with Crippen LogP contribution in [0.25, 0.3) is 10.9 Å². The molecule has 0 atom stereocenters. The highest BCUT2D eigenvalue weighted by Crippen LogP contribution is 2.28. The van der Waals surface area contributed by atoms with Crippen LogP contribution < -0.4 is 16.0 Å². The summed E-state index contributed by atoms with van der Waals surface area (Å²) in [5.74, 6) is 0.728. The molecule has 1 aliphatic rings. The maximum atomic E-state index is 12.0. The topological polar surface area (TPSA) is 83.1 Å². The van der Waals surface area contributed by atoms with Crippen LogP contribution in [0.15, 0.2) is 46.9 Å². The number of hydrogen-bond donors (Lipinski definition) is 3. The fraction of sp³-hybridized carbons (Fsp3) is 0.435. The van der Waals surface area contributed by atoms with Crippen molar-refractivity contribution in [3.8, 4) is 0 Å². The maximum absolute atomic E-state index is 12.0. The van der Waals surface area contributed by atoms with Crippen molar-refractivity contribution in [1.82, 2.24) is 10.3 Å². The monoisotopic (exact) mass is 428 g/mol. The van der Waals surface area contributed by atoms with E-state index in [2.05, 4.69) is 35.0 Å². The minimum Gasteiger partial charge on any atom is -0.382 e. The number of nitrogens with zero attached hydrogens (tertiary/aromatic N) is 1. The van der Waals surface area contributed by atoms with Gasteiger partial charge in [-0.25, -0.2) is 13.4 Å². The van der Waals surface area contributed by atoms with Crippen LogP contribution in [0.3, 0.4) is 0 Å². The Labute approximate surface area is 179 Å². The Morgan fingerprint density at radius 3 is 2.67 bits per heavy atom. The van der Waals surface area contributed by atoms with E-state index in [4.69, 9.17) is 4.98 Å². The predicted molar refractivity (Wildman–Crippen MR) is 127 cm³/mol. The molecule has 6 nitrogen and oxygen atoms in total. The van der Waals surface area contributed by atoms with Gasteiger partial charge in [-0.1, -0.05) is 23.8 Å². The molecule has 1 fully saturated rings. The molecular weight excluding hydrogens is 396 g/mol. The first kappa shape index (κ1) is 22.3. The van der Waals surface area contributed by atoms with Crippen molar-refractivity contribution in [2.45, 2.75) is 39.7 Å². The first-order valence-electron chi connectivity index (χ1n) is 10.4. The second-order valence-electron chi connectivity index (χ2n) is 7.95. The van der Waals surface area contributed by atoms with Gasteiger partial charge in [0, 0.05) is 40.9 Å². The number of allylic oxidation sites excluding steroid dienone is 2. The molecule has 3 rings (SSSR count). The van der Waals surface area contributed by atoms with Crippen LogP contribution in [0.5, 0.6) is 0 Å². The highest BCUT2D eigenvalue weighted by atomic mass is 32.2. The Hall–Kier alpha value is -2.38. The van der Waals surface area contributed by atoms with E-state index in [0.717, 1.165) is 53.9 Å². The van der Waals surface area contributed by atoms with E-state index >= 15 is 0 Å². The van der Waals surface area contributed by atoms with E-state index in [9.17, 15) is 8.42 Å². The van der Waals surface area contributed by atoms with E-state index in [0.29, 0.717) is 17.5 Å². The van der Waals surface area contributed by atoms with Gasteiger partial charge in [0.25, 0.3) is 0 Å². The van der Waals surface area contributed by atoms with Crippen LogP contribution >= 0.6 is 0 Å². The lowest BCUT2D eigenvalue weighted by atomic mass is 10.0. The predicted octanol–water partition coefficient (Wildman–Crippen LogP) is 4.01. The van der Waals surface area contributed by atoms with Crippen LogP contribution in [0.1, 0.15) is 32.3 Å². The summed E-state index contributed by atoms with van der Waals surface area (Å²) >= 11 is 0. The van der Waals surface area contributed by atoms with Crippen molar-refractivity contribution in [3.05, 3.63) is 52.5 Å². The van der Waals surface area contributed by atoms with Gasteiger partial charge in [-0.2, -0.15) is 0 Å². The Kier molecular flexibility index (Phi) is 7.15. The number of piperidine rings is 1. The maximum Gasteiger partial charge on any atom is 0.171 e. The van der Waals surface area contributed by atoms with Crippen LogP contribution in [-0.2, 0) is 9.84 Å². The van der Waals surface area contributed by atoms with Crippen LogP contribution in [0, 0.1) is 6.92 Å². The lowest BCUT2D eigenvalue weighted by Gasteiger charge is -2.25. The minimum absolute atomic E-state index is 0.373. The molecule has 1 aromatic carbocycles. The molecule has 0 amide bonds. The van der Waals surface area contributed by atoms with E-state index in [-0.39, 0.29) is 0 Å². The number of aromatic nitrogens is 1. The Morgan fingerprint density at radius 2 is 2.00 bits per heavy atom. The summed E-state index contributed by atoms with van der Waals surface area (Å²) < 4.78 is 24.0. The SMILES string of the molecule is CC=CC(CNc1cc(NC2CCNCC2)c2cc(C)ccc2n1)=C(C)S(C)(=O)=O. The first-order valence-corrected chi connectivity index (χ1v) is 12.3. The van der Waals surface area contributed by atoms with Crippen LogP contribution in [0.4, 0.5) is 11.5 Å². The number of sulfone groups is 1. The molecule has 0 saturated carbocycles. The average Bonchev–Trinajstić information content (AvgIpc) is 2.71. The molecular formula is C23H32N4O2S. The number of benzene rings is 1. The summed E-state index contributed by atoms with van der Waals surface area (Å²) in [5.41, 5.74) is 3.91. The molecule has 0 bridgehead atoms. The average molecular weight is 429 g/mol. The molecule has 0 radical (unpaired) electrons. The number of aryl methyl sites for hydroxylation is 1. The van der Waals surface area contributed by atoms with E-state index in [1.807, 2.05) is 31.2 Å². The largest absolute Gasteiger partial charge is 0.382 e. The highest BCUT2D eigenvalue weighted by Gasteiger charge is 2.16. The molecule has 1 aliphatic heterocycles. The third-order valence-electron chi connectivity index (χ3n) is 5.50. The van der Waals surface area contributed by atoms with Gasteiger partial charge in [0.1, 0.15) is 5.82 Å². The van der Waals surface area contributed by atoms with Gasteiger partial charge in [0.05, 0.1) is 5.52 Å². The third-order valence-corrected chi connectivity index (χ3v) is 6.87. The lowest BCUT2D eigenvalue weighted by molar-refractivity contribution is 0.479. The molecule has 0 spiro atoms. The quantitative estimate of drug-likeness (QED) is 0.578. The van der Waals surface area contributed by atoms with Crippen molar-refractivity contribution in [3.63, 3.8) is 0 Å². The van der Waals surface area contributed by atoms with Gasteiger partial charge in [0.2, 0.25) is 0 Å². The number of pyridine rings is 1. The minimum atomic E-state index is -3.25. The summed E-state index contributed by atoms with van der Waals surface area (Å²) in [6.07, 6.45) is 7.10. The van der Waals surface area contributed by atoms with Crippen LogP contribution in [0.2, 0.25) is 0 Å². The lowest BCUT2D eigenvalue weighted by Crippen LogP contribution is -2.35. The molecule has 0 aliphatic carbocycles. The number of rotatable bonds is 7. The standard InChI is InChI=1S/C23H32N4O2S/c1-5-6-18(17(3)30(4,28)29)15-25-23-14-22(26-19-9-11-24-12-10-19)20-13-16(2)7-8-21(20)27-23/h5-8,13-14,19,24H,9-12,15H2,1-4H3,(H2,25,26,27). The Balaban J connectivity index is 1.93. The third kappa shape index (κ3) is 5.61. The molecule has 2 heterocycles. The molecule has 0 unspecified atom stereocenters. The number of nitrogens with one attached hydrogen (secondary N) is 3. The molecule has 3 N–H and O–H groups in total. The second-order valence-corrected chi connectivity index (χ2v) is 10.1. The fourth-order valence-corrected chi connectivity index (χ4v) is 4.28. The van der Waals surface area contributed by atoms with Crippen molar-refractivity contribution < 1.29 is 8.42 Å². The normalized spacial score (nSPS) is 16.7.